The smallest absolute Gasteiger partial charge is 0.194 e. The second-order valence-electron chi connectivity index (χ2n) is 12.2. The van der Waals surface area contributed by atoms with Crippen molar-refractivity contribution >= 4 is 56.3 Å². The van der Waals surface area contributed by atoms with Gasteiger partial charge in [0.1, 0.15) is 0 Å². The molecule has 0 N–H and O–H groups in total. The van der Waals surface area contributed by atoms with E-state index in [2.05, 4.69) is 113 Å². The van der Waals surface area contributed by atoms with Crippen LogP contribution in [0.3, 0.4) is 0 Å². The first kappa shape index (κ1) is 30.4. The Hall–Kier alpha value is -6.97. The number of hydrogen-bond donors (Lipinski definition) is 0. The molecule has 8 rings (SSSR count). The molecule has 5 heteroatoms. The van der Waals surface area contributed by atoms with E-state index in [1.54, 1.807) is 0 Å². The van der Waals surface area contributed by atoms with Crippen LogP contribution in [0.4, 0.5) is 5.69 Å². The third-order valence-corrected chi connectivity index (χ3v) is 14.5. The average molecular weight is 653 g/mol. The van der Waals surface area contributed by atoms with Gasteiger partial charge in [-0.3, -0.25) is 0 Å². The lowest BCUT2D eigenvalue weighted by atomic mass is 9.96. The Morgan fingerprint density at radius 3 is 1.70 bits per heavy atom. The van der Waals surface area contributed by atoms with E-state index in [4.69, 9.17) is 6.57 Å². The molecule has 0 saturated heterocycles. The molecular weight excluding hydrogens is 625 g/mol. The summed E-state index contributed by atoms with van der Waals surface area (Å²) in [4.78, 5) is 4.16. The van der Waals surface area contributed by atoms with Crippen LogP contribution in [0.5, 0.6) is 0 Å². The number of fused-ring (bicyclic) bond motifs is 3. The van der Waals surface area contributed by atoms with Crippen molar-refractivity contribution in [3.63, 3.8) is 0 Å². The zero-order valence-electron chi connectivity index (χ0n) is 27.0. The minimum Gasteiger partial charge on any atom is -0.309 e. The molecule has 0 aliphatic heterocycles. The Bertz CT molecular complexity index is 2580. The molecule has 0 amide bonds. The van der Waals surface area contributed by atoms with E-state index in [-0.39, 0.29) is 0 Å². The van der Waals surface area contributed by atoms with Crippen LogP contribution >= 0.6 is 0 Å². The molecule has 0 saturated carbocycles. The molecular formula is C45H28N4Si. The van der Waals surface area contributed by atoms with Crippen molar-refractivity contribution in [2.24, 2.45) is 0 Å². The van der Waals surface area contributed by atoms with Gasteiger partial charge in [-0.1, -0.05) is 133 Å². The molecule has 50 heavy (non-hydrogen) atoms. The van der Waals surface area contributed by atoms with Gasteiger partial charge in [-0.25, -0.2) is 4.85 Å². The maximum Gasteiger partial charge on any atom is 0.194 e. The third kappa shape index (κ3) is 4.64. The molecule has 232 valence electrons. The first-order valence-corrected chi connectivity index (χ1v) is 18.4. The van der Waals surface area contributed by atoms with Crippen molar-refractivity contribution in [1.29, 1.82) is 10.5 Å². The Kier molecular flexibility index (Phi) is 7.63. The minimum absolute atomic E-state index is 0.483. The largest absolute Gasteiger partial charge is 0.309 e. The van der Waals surface area contributed by atoms with Gasteiger partial charge < -0.3 is 4.57 Å². The van der Waals surface area contributed by atoms with E-state index in [9.17, 15) is 10.5 Å². The van der Waals surface area contributed by atoms with Crippen LogP contribution in [0.1, 0.15) is 11.1 Å². The molecule has 1 heterocycles. The predicted octanol–water partition coefficient (Wildman–Crippen LogP) is 8.12. The van der Waals surface area contributed by atoms with Gasteiger partial charge in [0.15, 0.2) is 13.8 Å². The first-order chi connectivity index (χ1) is 24.7. The normalized spacial score (nSPS) is 11.1. The molecule has 4 nitrogen and oxygen atoms in total. The van der Waals surface area contributed by atoms with Crippen molar-refractivity contribution in [3.05, 3.63) is 192 Å². The standard InChI is InChI=1S/C45H28N4Si/c1-48-39-23-14-26-43(50(34-16-5-2-6-17-34,35-18-7-3-8-19-35)36-20-9-4-10-21-36)45(39)44-33(31-47)15-13-25-42(44)49-40-24-12-11-22-37(40)38-29-32(30-46)27-28-41(38)49/h2-29H. The van der Waals surface area contributed by atoms with Crippen LogP contribution in [0, 0.1) is 29.2 Å². The maximum atomic E-state index is 10.8. The molecule has 0 spiro atoms. The summed E-state index contributed by atoms with van der Waals surface area (Å²) < 4.78 is 2.18. The molecule has 0 atom stereocenters. The van der Waals surface area contributed by atoms with Crippen LogP contribution in [-0.2, 0) is 0 Å². The second-order valence-corrected chi connectivity index (χ2v) is 15.9. The van der Waals surface area contributed by atoms with E-state index in [0.717, 1.165) is 38.2 Å². The summed E-state index contributed by atoms with van der Waals surface area (Å²) in [5.41, 5.74) is 5.69. The van der Waals surface area contributed by atoms with Gasteiger partial charge in [-0.15, -0.1) is 0 Å². The maximum absolute atomic E-state index is 10.8. The molecule has 0 aliphatic carbocycles. The summed E-state index contributed by atoms with van der Waals surface area (Å²) in [5.74, 6) is 0. The third-order valence-electron chi connectivity index (χ3n) is 9.64. The van der Waals surface area contributed by atoms with E-state index < -0.39 is 8.07 Å². The Balaban J connectivity index is 1.58. The summed E-state index contributed by atoms with van der Waals surface area (Å²) in [5, 5.41) is 27.2. The Morgan fingerprint density at radius 1 is 0.520 bits per heavy atom. The average Bonchev–Trinajstić information content (AvgIpc) is 3.52. The topological polar surface area (TPSA) is 56.9 Å². The molecule has 8 aromatic rings. The fraction of sp³-hybridized carbons (Fsp3) is 0. The second kappa shape index (κ2) is 12.6. The number of nitriles is 2. The van der Waals surface area contributed by atoms with E-state index in [0.29, 0.717) is 22.4 Å². The van der Waals surface area contributed by atoms with Crippen molar-refractivity contribution in [2.75, 3.05) is 0 Å². The van der Waals surface area contributed by atoms with Gasteiger partial charge in [0.2, 0.25) is 0 Å². The summed E-state index contributed by atoms with van der Waals surface area (Å²) in [6, 6.07) is 62.4. The lowest BCUT2D eigenvalue weighted by molar-refractivity contribution is 1.18. The highest BCUT2D eigenvalue weighted by Gasteiger charge is 2.44. The zero-order valence-corrected chi connectivity index (χ0v) is 28.0. The van der Waals surface area contributed by atoms with Crippen LogP contribution in [-0.4, -0.2) is 12.6 Å². The van der Waals surface area contributed by atoms with E-state index in [1.807, 2.05) is 78.9 Å². The summed E-state index contributed by atoms with van der Waals surface area (Å²) in [6.07, 6.45) is 0. The number of para-hydroxylation sites is 1. The first-order valence-electron chi connectivity index (χ1n) is 16.4. The van der Waals surface area contributed by atoms with Gasteiger partial charge in [-0.05, 0) is 62.7 Å². The summed E-state index contributed by atoms with van der Waals surface area (Å²) >= 11 is 0. The molecule has 0 fully saturated rings. The van der Waals surface area contributed by atoms with Crippen molar-refractivity contribution < 1.29 is 0 Å². The SMILES string of the molecule is [C-]#[N+]c1cccc([Si](c2ccccc2)(c2ccccc2)c2ccccc2)c1-c1c(C#N)cccc1-n1c2ccccc2c2cc(C#N)ccc21. The quantitative estimate of drug-likeness (QED) is 0.104. The lowest BCUT2D eigenvalue weighted by Gasteiger charge is -2.36. The zero-order chi connectivity index (χ0) is 34.1. The summed E-state index contributed by atoms with van der Waals surface area (Å²) in [6.45, 7) is 8.55. The molecule has 0 unspecified atom stereocenters. The van der Waals surface area contributed by atoms with Crippen LogP contribution < -0.4 is 20.7 Å². The van der Waals surface area contributed by atoms with Gasteiger partial charge in [0.25, 0.3) is 0 Å². The van der Waals surface area contributed by atoms with Crippen molar-refractivity contribution in [2.45, 2.75) is 0 Å². The van der Waals surface area contributed by atoms with Crippen LogP contribution in [0.2, 0.25) is 0 Å². The number of nitrogens with zero attached hydrogens (tertiary/aromatic N) is 4. The van der Waals surface area contributed by atoms with Gasteiger partial charge >= 0.3 is 0 Å². The molecule has 7 aromatic carbocycles. The number of aromatic nitrogens is 1. The lowest BCUT2D eigenvalue weighted by Crippen LogP contribution is -2.75. The number of benzene rings is 7. The van der Waals surface area contributed by atoms with E-state index in [1.165, 1.54) is 15.6 Å². The highest BCUT2D eigenvalue weighted by Crippen LogP contribution is 2.41. The number of hydrogen-bond acceptors (Lipinski definition) is 2. The highest BCUT2D eigenvalue weighted by atomic mass is 28.3. The Labute approximate surface area is 291 Å². The fourth-order valence-electron chi connectivity index (χ4n) is 7.62. The highest BCUT2D eigenvalue weighted by molar-refractivity contribution is 7.20. The predicted molar refractivity (Wildman–Crippen MR) is 206 cm³/mol. The molecule has 0 radical (unpaired) electrons. The van der Waals surface area contributed by atoms with Crippen molar-refractivity contribution in [1.82, 2.24) is 4.57 Å². The monoisotopic (exact) mass is 652 g/mol. The molecule has 1 aromatic heterocycles. The summed E-state index contributed by atoms with van der Waals surface area (Å²) in [7, 11) is -3.14. The van der Waals surface area contributed by atoms with Gasteiger partial charge in [0.05, 0.1) is 46.6 Å². The van der Waals surface area contributed by atoms with Crippen LogP contribution in [0.15, 0.2) is 170 Å². The van der Waals surface area contributed by atoms with Crippen LogP contribution in [0.25, 0.3) is 43.5 Å². The number of rotatable bonds is 6. The van der Waals surface area contributed by atoms with Gasteiger partial charge in [-0.2, -0.15) is 10.5 Å². The Morgan fingerprint density at radius 2 is 1.10 bits per heavy atom. The minimum atomic E-state index is -3.14. The molecule has 0 bridgehead atoms. The fourth-order valence-corrected chi connectivity index (χ4v) is 12.6. The van der Waals surface area contributed by atoms with Crippen molar-refractivity contribution in [3.8, 4) is 29.0 Å². The van der Waals surface area contributed by atoms with Gasteiger partial charge in [0, 0.05) is 16.3 Å². The molecule has 0 aliphatic rings. The van der Waals surface area contributed by atoms with E-state index >= 15 is 0 Å².